The van der Waals surface area contributed by atoms with Crippen molar-refractivity contribution in [2.45, 2.75) is 65.1 Å². The van der Waals surface area contributed by atoms with E-state index < -0.39 is 12.2 Å². The zero-order valence-electron chi connectivity index (χ0n) is 26.3. The van der Waals surface area contributed by atoms with Gasteiger partial charge in [0.25, 0.3) is 0 Å². The van der Waals surface area contributed by atoms with Gasteiger partial charge < -0.3 is 29.0 Å². The summed E-state index contributed by atoms with van der Waals surface area (Å²) in [5.41, 5.74) is 6.99. The largest absolute Gasteiger partial charge is 0.481 e. The Bertz CT molecular complexity index is 2110. The lowest BCUT2D eigenvalue weighted by Crippen LogP contribution is -2.25. The summed E-state index contributed by atoms with van der Waals surface area (Å²) in [4.78, 5) is 14.0. The smallest absolute Gasteiger partial charge is 0.303 e. The van der Waals surface area contributed by atoms with E-state index in [-0.39, 0.29) is 6.42 Å². The minimum absolute atomic E-state index is 0.0835. The van der Waals surface area contributed by atoms with Crippen LogP contribution >= 0.6 is 0 Å². The molecule has 2 N–H and O–H groups in total. The maximum Gasteiger partial charge on any atom is 0.303 e. The van der Waals surface area contributed by atoms with E-state index in [4.69, 9.17) is 9.15 Å². The van der Waals surface area contributed by atoms with Crippen molar-refractivity contribution < 1.29 is 19.1 Å². The number of para-hydroxylation sites is 1. The van der Waals surface area contributed by atoms with Gasteiger partial charge in [-0.25, -0.2) is 0 Å². The van der Waals surface area contributed by atoms with E-state index in [1.165, 1.54) is 0 Å². The van der Waals surface area contributed by atoms with E-state index in [9.17, 15) is 15.2 Å². The number of nitriles is 1. The summed E-state index contributed by atoms with van der Waals surface area (Å²) in [7, 11) is 0. The number of furan rings is 1. The number of anilines is 2. The molecule has 0 spiro atoms. The molecule has 0 amide bonds. The maximum absolute atomic E-state index is 11.5. The van der Waals surface area contributed by atoms with E-state index in [1.807, 2.05) is 24.3 Å². The van der Waals surface area contributed by atoms with Gasteiger partial charge in [-0.3, -0.25) is 4.79 Å². The Morgan fingerprint density at radius 2 is 1.74 bits per heavy atom. The molecule has 3 heterocycles. The van der Waals surface area contributed by atoms with Gasteiger partial charge in [0.1, 0.15) is 11.3 Å². The van der Waals surface area contributed by atoms with E-state index in [0.29, 0.717) is 29.9 Å². The van der Waals surface area contributed by atoms with Crippen molar-refractivity contribution in [3.63, 3.8) is 0 Å². The fourth-order valence-corrected chi connectivity index (χ4v) is 6.82. The molecule has 0 fully saturated rings. The number of carboxylic acids is 1. The average molecular weight is 615 g/mol. The Hall–Kier alpha value is -5.16. The lowest BCUT2D eigenvalue weighted by molar-refractivity contribution is -0.137. The molecule has 7 rings (SSSR count). The zero-order valence-corrected chi connectivity index (χ0v) is 26.3. The van der Waals surface area contributed by atoms with Gasteiger partial charge in [0, 0.05) is 70.4 Å². The SMILES string of the molecule is CCCCN(CCCC)c1ccc2c(c1)oc1c3c(c4c(c5ccccc5n4CCCC(=O)O)c12)NC(c1ccc(C#N)cc1)O3. The van der Waals surface area contributed by atoms with Gasteiger partial charge in [-0.1, -0.05) is 57.0 Å². The Morgan fingerprint density at radius 1 is 0.978 bits per heavy atom. The first-order chi connectivity index (χ1) is 22.5. The summed E-state index contributed by atoms with van der Waals surface area (Å²) in [6.45, 7) is 7.00. The third-order valence-electron chi connectivity index (χ3n) is 9.12. The summed E-state index contributed by atoms with van der Waals surface area (Å²) in [5, 5.41) is 26.6. The van der Waals surface area contributed by atoms with E-state index in [0.717, 1.165) is 93.9 Å². The Morgan fingerprint density at radius 3 is 2.46 bits per heavy atom. The normalized spacial score (nSPS) is 14.1. The number of hydrogen-bond acceptors (Lipinski definition) is 6. The molecule has 8 nitrogen and oxygen atoms in total. The van der Waals surface area contributed by atoms with E-state index in [2.05, 4.69) is 65.0 Å². The van der Waals surface area contributed by atoms with Crippen molar-refractivity contribution in [3.05, 3.63) is 77.9 Å². The summed E-state index contributed by atoms with van der Waals surface area (Å²) >= 11 is 0. The number of fused-ring (bicyclic) bond motifs is 10. The Labute approximate surface area is 267 Å². The minimum Gasteiger partial charge on any atom is -0.481 e. The van der Waals surface area contributed by atoms with Crippen molar-refractivity contribution in [2.75, 3.05) is 23.3 Å². The lowest BCUT2D eigenvalue weighted by Gasteiger charge is -2.24. The zero-order chi connectivity index (χ0) is 31.8. The third kappa shape index (κ3) is 5.06. The molecule has 0 radical (unpaired) electrons. The number of carbonyl (C=O) groups is 1. The number of nitrogens with one attached hydrogen (secondary N) is 1. The molecular formula is C38H38N4O4. The van der Waals surface area contributed by atoms with Crippen molar-refractivity contribution in [3.8, 4) is 11.8 Å². The highest BCUT2D eigenvalue weighted by Gasteiger charge is 2.34. The molecule has 1 aliphatic rings. The van der Waals surface area contributed by atoms with Crippen LogP contribution in [-0.4, -0.2) is 28.7 Å². The Balaban J connectivity index is 1.47. The van der Waals surface area contributed by atoms with Crippen LogP contribution in [0.15, 0.2) is 71.1 Å². The summed E-state index contributed by atoms with van der Waals surface area (Å²) in [6.07, 6.45) is 4.64. The number of rotatable bonds is 12. The maximum atomic E-state index is 11.5. The molecule has 46 heavy (non-hydrogen) atoms. The highest BCUT2D eigenvalue weighted by Crippen LogP contribution is 2.53. The number of unbranched alkanes of at least 4 members (excludes halogenated alkanes) is 2. The van der Waals surface area contributed by atoms with Crippen molar-refractivity contribution in [1.82, 2.24) is 4.57 Å². The van der Waals surface area contributed by atoms with E-state index >= 15 is 0 Å². The molecule has 1 aliphatic heterocycles. The number of hydrogen-bond donors (Lipinski definition) is 2. The van der Waals surface area contributed by atoms with E-state index in [1.54, 1.807) is 12.1 Å². The second-order valence-electron chi connectivity index (χ2n) is 12.2. The number of benzene rings is 4. The van der Waals surface area contributed by atoms with Crippen LogP contribution in [0.2, 0.25) is 0 Å². The standard InChI is InChI=1S/C38H38N4O4/c1-3-5-19-41(20-6-4-2)26-17-18-28-30(22-26)45-36-33(28)32-27-10-7-8-11-29(27)42(21-9-12-31(43)44)35(32)34-37(36)46-38(40-34)25-15-13-24(23-39)14-16-25/h7-8,10-11,13-18,22,38,40H,3-6,9,12,19-21H2,1-2H3,(H,43,44). The van der Waals surface area contributed by atoms with Gasteiger partial charge in [-0.05, 0) is 49.6 Å². The molecular weight excluding hydrogens is 576 g/mol. The third-order valence-corrected chi connectivity index (χ3v) is 9.12. The molecule has 234 valence electrons. The van der Waals surface area contributed by atoms with Gasteiger partial charge in [-0.15, -0.1) is 0 Å². The van der Waals surface area contributed by atoms with Crippen molar-refractivity contribution in [1.29, 1.82) is 5.26 Å². The van der Waals surface area contributed by atoms with Crippen LogP contribution in [-0.2, 0) is 11.3 Å². The number of aliphatic carboxylic acids is 1. The molecule has 1 atom stereocenters. The minimum atomic E-state index is -0.806. The summed E-state index contributed by atoms with van der Waals surface area (Å²) < 4.78 is 15.7. The molecule has 0 saturated carbocycles. The fourth-order valence-electron chi connectivity index (χ4n) is 6.82. The quantitative estimate of drug-likeness (QED) is 0.142. The Kier molecular flexibility index (Phi) is 7.91. The van der Waals surface area contributed by atoms with Crippen LogP contribution in [0, 0.1) is 11.3 Å². The van der Waals surface area contributed by atoms with Crippen LogP contribution in [0.3, 0.4) is 0 Å². The summed E-state index contributed by atoms with van der Waals surface area (Å²) in [6, 6.07) is 24.5. The average Bonchev–Trinajstić information content (AvgIpc) is 3.77. The second kappa shape index (κ2) is 12.3. The molecule has 0 aliphatic carbocycles. The van der Waals surface area contributed by atoms with Crippen LogP contribution in [0.4, 0.5) is 11.4 Å². The topological polar surface area (TPSA) is 104 Å². The predicted molar refractivity (Wildman–Crippen MR) is 184 cm³/mol. The molecule has 8 heteroatoms. The number of carboxylic acid groups (broad SMARTS) is 1. The van der Waals surface area contributed by atoms with Gasteiger partial charge in [0.05, 0.1) is 17.1 Å². The van der Waals surface area contributed by atoms with Crippen molar-refractivity contribution >= 4 is 61.1 Å². The highest BCUT2D eigenvalue weighted by molar-refractivity contribution is 6.31. The highest BCUT2D eigenvalue weighted by atomic mass is 16.5. The van der Waals surface area contributed by atoms with Crippen LogP contribution in [0.25, 0.3) is 43.7 Å². The number of aromatic nitrogens is 1. The van der Waals surface area contributed by atoms with Crippen LogP contribution in [0.5, 0.6) is 5.75 Å². The number of ether oxygens (including phenoxy) is 1. The fraction of sp³-hybridized carbons (Fsp3) is 0.316. The first kappa shape index (κ1) is 29.5. The molecule has 0 saturated heterocycles. The lowest BCUT2D eigenvalue weighted by atomic mass is 10.0. The molecule has 6 aromatic rings. The van der Waals surface area contributed by atoms with Crippen LogP contribution < -0.4 is 15.0 Å². The predicted octanol–water partition coefficient (Wildman–Crippen LogP) is 9.34. The first-order valence-corrected chi connectivity index (χ1v) is 16.4. The molecule has 2 aromatic heterocycles. The molecule has 4 aromatic carbocycles. The first-order valence-electron chi connectivity index (χ1n) is 16.4. The van der Waals surface area contributed by atoms with Gasteiger partial charge in [0.15, 0.2) is 17.6 Å². The van der Waals surface area contributed by atoms with Crippen molar-refractivity contribution in [2.24, 2.45) is 0 Å². The molecule has 0 bridgehead atoms. The monoisotopic (exact) mass is 614 g/mol. The number of aryl methyl sites for hydroxylation is 1. The van der Waals surface area contributed by atoms with Gasteiger partial charge in [0.2, 0.25) is 0 Å². The van der Waals surface area contributed by atoms with Gasteiger partial charge >= 0.3 is 5.97 Å². The second-order valence-corrected chi connectivity index (χ2v) is 12.2. The van der Waals surface area contributed by atoms with Gasteiger partial charge in [-0.2, -0.15) is 5.26 Å². The molecule has 1 unspecified atom stereocenters. The number of nitrogens with zero attached hydrogens (tertiary/aromatic N) is 3. The van der Waals surface area contributed by atoms with Crippen LogP contribution in [0.1, 0.15) is 69.7 Å². The summed E-state index contributed by atoms with van der Waals surface area (Å²) in [5.74, 6) is -0.162.